The highest BCUT2D eigenvalue weighted by Gasteiger charge is 2.31. The van der Waals surface area contributed by atoms with E-state index in [1.165, 1.54) is 6.42 Å². The molecule has 1 atom stereocenters. The summed E-state index contributed by atoms with van der Waals surface area (Å²) in [6.45, 7) is 6.67. The second-order valence-electron chi connectivity index (χ2n) is 8.31. The molecule has 3 aliphatic heterocycles. The summed E-state index contributed by atoms with van der Waals surface area (Å²) in [5, 5.41) is 0. The molecule has 146 valence electrons. The predicted octanol–water partition coefficient (Wildman–Crippen LogP) is 2.54. The van der Waals surface area contributed by atoms with E-state index in [0.717, 1.165) is 64.2 Å². The molecule has 3 fully saturated rings. The van der Waals surface area contributed by atoms with Crippen molar-refractivity contribution < 1.29 is 9.59 Å². The highest BCUT2D eigenvalue weighted by atomic mass is 16.2. The number of piperidine rings is 2. The van der Waals surface area contributed by atoms with Gasteiger partial charge in [0.15, 0.2) is 0 Å². The highest BCUT2D eigenvalue weighted by molar-refractivity contribution is 5.94. The van der Waals surface area contributed by atoms with Crippen LogP contribution >= 0.6 is 0 Å². The van der Waals surface area contributed by atoms with Gasteiger partial charge in [-0.15, -0.1) is 0 Å². The third-order valence-corrected chi connectivity index (χ3v) is 6.28. The fourth-order valence-corrected chi connectivity index (χ4v) is 4.72. The van der Waals surface area contributed by atoms with Crippen molar-refractivity contribution >= 4 is 17.6 Å². The van der Waals surface area contributed by atoms with E-state index in [1.807, 2.05) is 17.0 Å². The van der Waals surface area contributed by atoms with E-state index in [-0.39, 0.29) is 5.91 Å². The summed E-state index contributed by atoms with van der Waals surface area (Å²) in [6.07, 6.45) is 7.75. The lowest BCUT2D eigenvalue weighted by Crippen LogP contribution is -2.45. The molecule has 27 heavy (non-hydrogen) atoms. The number of amides is 2. The first-order valence-corrected chi connectivity index (χ1v) is 10.4. The molecule has 6 heteroatoms. The Morgan fingerprint density at radius 2 is 1.89 bits per heavy atom. The number of pyridine rings is 1. The third kappa shape index (κ3) is 3.94. The fraction of sp³-hybridized carbons (Fsp3) is 0.667. The van der Waals surface area contributed by atoms with Crippen LogP contribution in [0.5, 0.6) is 0 Å². The summed E-state index contributed by atoms with van der Waals surface area (Å²) in [5.74, 6) is 1.94. The maximum absolute atomic E-state index is 12.7. The van der Waals surface area contributed by atoms with Crippen molar-refractivity contribution in [3.05, 3.63) is 23.9 Å². The molecular formula is C21H30N4O2. The minimum atomic E-state index is 0.104. The van der Waals surface area contributed by atoms with Crippen LogP contribution in [-0.4, -0.2) is 65.4 Å². The number of rotatable bonds is 3. The van der Waals surface area contributed by atoms with Gasteiger partial charge < -0.3 is 14.7 Å². The average molecular weight is 370 g/mol. The van der Waals surface area contributed by atoms with Crippen LogP contribution in [0.2, 0.25) is 0 Å². The van der Waals surface area contributed by atoms with Crippen LogP contribution in [-0.2, 0) is 4.79 Å². The maximum Gasteiger partial charge on any atom is 0.255 e. The molecule has 0 saturated carbocycles. The molecule has 0 N–H and O–H groups in total. The molecule has 0 aliphatic carbocycles. The van der Waals surface area contributed by atoms with Crippen molar-refractivity contribution in [2.24, 2.45) is 5.92 Å². The van der Waals surface area contributed by atoms with Crippen LogP contribution in [0.3, 0.4) is 0 Å². The van der Waals surface area contributed by atoms with Crippen LogP contribution < -0.4 is 4.90 Å². The van der Waals surface area contributed by atoms with Crippen LogP contribution in [0, 0.1) is 5.92 Å². The third-order valence-electron chi connectivity index (χ3n) is 6.28. The van der Waals surface area contributed by atoms with Crippen LogP contribution in [0.25, 0.3) is 0 Å². The van der Waals surface area contributed by atoms with Crippen LogP contribution in [0.4, 0.5) is 5.82 Å². The lowest BCUT2D eigenvalue weighted by molar-refractivity contribution is -0.130. The van der Waals surface area contributed by atoms with Crippen LogP contribution in [0.1, 0.15) is 55.8 Å². The van der Waals surface area contributed by atoms with Crippen molar-refractivity contribution in [2.75, 3.05) is 37.6 Å². The Morgan fingerprint density at radius 3 is 2.52 bits per heavy atom. The second kappa shape index (κ2) is 7.87. The van der Waals surface area contributed by atoms with Gasteiger partial charge in [-0.1, -0.05) is 6.92 Å². The highest BCUT2D eigenvalue weighted by Crippen LogP contribution is 2.25. The van der Waals surface area contributed by atoms with Gasteiger partial charge in [0.2, 0.25) is 5.91 Å². The Kier molecular flexibility index (Phi) is 5.32. The van der Waals surface area contributed by atoms with Gasteiger partial charge >= 0.3 is 0 Å². The molecule has 2 amide bonds. The molecule has 0 bridgehead atoms. The summed E-state index contributed by atoms with van der Waals surface area (Å²) in [7, 11) is 0. The zero-order chi connectivity index (χ0) is 18.8. The van der Waals surface area contributed by atoms with Crippen LogP contribution in [0.15, 0.2) is 18.3 Å². The topological polar surface area (TPSA) is 56.8 Å². The summed E-state index contributed by atoms with van der Waals surface area (Å²) >= 11 is 0. The SMILES string of the molecule is C[C@H]1CCCN(C(=O)c2ccc(N3CCC(N4CCCC4=O)CC3)nc2)C1. The molecule has 0 unspecified atom stereocenters. The molecule has 1 aromatic heterocycles. The molecule has 0 radical (unpaired) electrons. The van der Waals surface area contributed by atoms with Crippen molar-refractivity contribution in [3.63, 3.8) is 0 Å². The molecule has 3 saturated heterocycles. The van der Waals surface area contributed by atoms with E-state index in [0.29, 0.717) is 29.9 Å². The van der Waals surface area contributed by atoms with Gasteiger partial charge in [0, 0.05) is 51.4 Å². The number of hydrogen-bond donors (Lipinski definition) is 0. The first-order chi connectivity index (χ1) is 13.1. The normalized spacial score (nSPS) is 24.6. The molecule has 6 nitrogen and oxygen atoms in total. The zero-order valence-corrected chi connectivity index (χ0v) is 16.3. The van der Waals surface area contributed by atoms with Gasteiger partial charge in [-0.25, -0.2) is 4.98 Å². The predicted molar refractivity (Wildman–Crippen MR) is 105 cm³/mol. The standard InChI is InChI=1S/C21H30N4O2/c1-16-4-2-10-24(15-16)21(27)17-6-7-19(22-14-17)23-12-8-18(9-13-23)25-11-3-5-20(25)26/h6-7,14,16,18H,2-5,8-13,15H2,1H3/t16-/m0/s1. The monoisotopic (exact) mass is 370 g/mol. The summed E-state index contributed by atoms with van der Waals surface area (Å²) in [4.78, 5) is 35.5. The molecular weight excluding hydrogens is 340 g/mol. The largest absolute Gasteiger partial charge is 0.356 e. The number of likely N-dealkylation sites (tertiary alicyclic amines) is 2. The van der Waals surface area contributed by atoms with Gasteiger partial charge in [-0.2, -0.15) is 0 Å². The molecule has 4 heterocycles. The number of aromatic nitrogens is 1. The first kappa shape index (κ1) is 18.3. The Labute approximate surface area is 161 Å². The smallest absolute Gasteiger partial charge is 0.255 e. The van der Waals surface area contributed by atoms with E-state index < -0.39 is 0 Å². The Hall–Kier alpha value is -2.11. The average Bonchev–Trinajstić information content (AvgIpc) is 3.14. The number of carbonyl (C=O) groups excluding carboxylic acids is 2. The van der Waals surface area contributed by atoms with Gasteiger partial charge in [0.1, 0.15) is 5.82 Å². The van der Waals surface area contributed by atoms with Gasteiger partial charge in [0.05, 0.1) is 5.56 Å². The van der Waals surface area contributed by atoms with Crippen molar-refractivity contribution in [1.82, 2.24) is 14.8 Å². The van der Waals surface area contributed by atoms with E-state index >= 15 is 0 Å². The summed E-state index contributed by atoms with van der Waals surface area (Å²) < 4.78 is 0. The Morgan fingerprint density at radius 1 is 1.07 bits per heavy atom. The Balaban J connectivity index is 1.34. The van der Waals surface area contributed by atoms with Crippen molar-refractivity contribution in [1.29, 1.82) is 0 Å². The summed E-state index contributed by atoms with van der Waals surface area (Å²) in [5.41, 5.74) is 0.686. The minimum absolute atomic E-state index is 0.104. The molecule has 4 rings (SSSR count). The number of hydrogen-bond acceptors (Lipinski definition) is 4. The fourth-order valence-electron chi connectivity index (χ4n) is 4.72. The first-order valence-electron chi connectivity index (χ1n) is 10.4. The molecule has 0 aromatic carbocycles. The van der Waals surface area contributed by atoms with Gasteiger partial charge in [0.25, 0.3) is 5.91 Å². The molecule has 0 spiro atoms. The molecule has 1 aromatic rings. The van der Waals surface area contributed by atoms with Crippen molar-refractivity contribution in [2.45, 2.75) is 51.5 Å². The van der Waals surface area contributed by atoms with Gasteiger partial charge in [-0.05, 0) is 50.2 Å². The quantitative estimate of drug-likeness (QED) is 0.820. The second-order valence-corrected chi connectivity index (χ2v) is 8.31. The lowest BCUT2D eigenvalue weighted by Gasteiger charge is -2.37. The Bertz CT molecular complexity index is 682. The zero-order valence-electron chi connectivity index (χ0n) is 16.3. The maximum atomic E-state index is 12.7. The molecule has 3 aliphatic rings. The number of carbonyl (C=O) groups is 2. The van der Waals surface area contributed by atoms with E-state index in [4.69, 9.17) is 0 Å². The van der Waals surface area contributed by atoms with E-state index in [1.54, 1.807) is 6.20 Å². The number of anilines is 1. The van der Waals surface area contributed by atoms with Crippen molar-refractivity contribution in [3.8, 4) is 0 Å². The minimum Gasteiger partial charge on any atom is -0.356 e. The summed E-state index contributed by atoms with van der Waals surface area (Å²) in [6, 6.07) is 4.28. The van der Waals surface area contributed by atoms with E-state index in [2.05, 4.69) is 21.7 Å². The van der Waals surface area contributed by atoms with E-state index in [9.17, 15) is 9.59 Å². The lowest BCUT2D eigenvalue weighted by atomic mass is 10.00. The number of nitrogens with zero attached hydrogens (tertiary/aromatic N) is 4. The van der Waals surface area contributed by atoms with Gasteiger partial charge in [-0.3, -0.25) is 9.59 Å².